The van der Waals surface area contributed by atoms with Gasteiger partial charge >= 0.3 is 5.97 Å². The molecule has 0 aromatic carbocycles. The summed E-state index contributed by atoms with van der Waals surface area (Å²) in [4.78, 5) is 19.6. The third-order valence-electron chi connectivity index (χ3n) is 1.20. The van der Waals surface area contributed by atoms with Gasteiger partial charge in [0.25, 0.3) is 0 Å². The van der Waals surface area contributed by atoms with Crippen LogP contribution in [0.15, 0.2) is 12.2 Å². The van der Waals surface area contributed by atoms with E-state index in [1.54, 1.807) is 0 Å². The Bertz CT molecular complexity index is 212. The number of hydrogen-bond donors (Lipinski definition) is 0. The fourth-order valence-electron chi connectivity index (χ4n) is 0.438. The molecule has 0 saturated carbocycles. The Balaban J connectivity index is 3.41. The summed E-state index contributed by atoms with van der Waals surface area (Å²) in [5, 5.41) is 0. The van der Waals surface area contributed by atoms with Gasteiger partial charge in [-0.15, -0.1) is 0 Å². The summed E-state index contributed by atoms with van der Waals surface area (Å²) in [6, 6.07) is 0. The summed E-state index contributed by atoms with van der Waals surface area (Å²) in [6.07, 6.45) is 0. The molecule has 0 amide bonds. The van der Waals surface area contributed by atoms with Crippen molar-refractivity contribution >= 4 is 16.8 Å². The molecule has 0 aromatic rings. The molecule has 0 rings (SSSR count). The zero-order valence-electron chi connectivity index (χ0n) is 7.87. The molecule has 13 heavy (non-hydrogen) atoms. The molecular weight excluding hydrogens is 192 g/mol. The van der Waals surface area contributed by atoms with Crippen molar-refractivity contribution in [2.45, 2.75) is 13.8 Å². The lowest BCUT2D eigenvalue weighted by atomic mass is 10.4. The van der Waals surface area contributed by atoms with E-state index in [0.717, 1.165) is 0 Å². The Morgan fingerprint density at radius 1 is 1.54 bits per heavy atom. The summed E-state index contributed by atoms with van der Waals surface area (Å²) in [7, 11) is -0.891. The minimum absolute atomic E-state index is 0.152. The minimum atomic E-state index is -0.891. The molecule has 0 aliphatic carbocycles. The standard InChI is InChI=1S/C8H14O4S/c1-4-13(10)6-5-11-12-8(9)7(2)3/h2,4-6H2,1,3H3. The minimum Gasteiger partial charge on any atom is -0.293 e. The maximum Gasteiger partial charge on any atom is 0.368 e. The fourth-order valence-corrected chi connectivity index (χ4v) is 0.980. The molecule has 0 heterocycles. The Kier molecular flexibility index (Phi) is 6.44. The van der Waals surface area contributed by atoms with Gasteiger partial charge in [-0.1, -0.05) is 13.5 Å². The normalized spacial score (nSPS) is 12.2. The van der Waals surface area contributed by atoms with Gasteiger partial charge in [0.05, 0.1) is 5.75 Å². The van der Waals surface area contributed by atoms with E-state index in [1.807, 2.05) is 6.92 Å². The second-order valence-electron chi connectivity index (χ2n) is 2.41. The highest BCUT2D eigenvalue weighted by Crippen LogP contribution is 1.93. The van der Waals surface area contributed by atoms with Crippen molar-refractivity contribution in [3.8, 4) is 0 Å². The molecule has 0 spiro atoms. The van der Waals surface area contributed by atoms with E-state index in [-0.39, 0.29) is 12.2 Å². The maximum atomic E-state index is 10.9. The second kappa shape index (κ2) is 6.80. The van der Waals surface area contributed by atoms with Gasteiger partial charge in [-0.3, -0.25) is 9.10 Å². The molecule has 0 aromatic heterocycles. The molecule has 0 fully saturated rings. The van der Waals surface area contributed by atoms with Crippen LogP contribution >= 0.6 is 0 Å². The van der Waals surface area contributed by atoms with Gasteiger partial charge < -0.3 is 0 Å². The third kappa shape index (κ3) is 6.48. The van der Waals surface area contributed by atoms with Crippen LogP contribution in [0.5, 0.6) is 0 Å². The lowest BCUT2D eigenvalue weighted by Gasteiger charge is -2.01. The molecule has 76 valence electrons. The Morgan fingerprint density at radius 2 is 2.15 bits per heavy atom. The summed E-state index contributed by atoms with van der Waals surface area (Å²) < 4.78 is 10.9. The number of carbonyl (C=O) groups is 1. The topological polar surface area (TPSA) is 52.6 Å². The SMILES string of the molecule is C=C(C)C(=O)OOCCS(=O)CC. The van der Waals surface area contributed by atoms with Gasteiger partial charge in [0.1, 0.15) is 6.61 Å². The van der Waals surface area contributed by atoms with E-state index in [1.165, 1.54) is 6.92 Å². The van der Waals surface area contributed by atoms with Crippen LogP contribution in [0.3, 0.4) is 0 Å². The Morgan fingerprint density at radius 3 is 2.62 bits per heavy atom. The lowest BCUT2D eigenvalue weighted by Crippen LogP contribution is -2.11. The van der Waals surface area contributed by atoms with Crippen molar-refractivity contribution in [1.82, 2.24) is 0 Å². The highest BCUT2D eigenvalue weighted by atomic mass is 32.2. The molecule has 1 atom stereocenters. The van der Waals surface area contributed by atoms with Gasteiger partial charge in [0.15, 0.2) is 0 Å². The molecule has 4 nitrogen and oxygen atoms in total. The predicted molar refractivity (Wildman–Crippen MR) is 50.4 cm³/mol. The molecule has 0 bridgehead atoms. The average molecular weight is 206 g/mol. The van der Waals surface area contributed by atoms with Crippen molar-refractivity contribution < 1.29 is 18.8 Å². The molecule has 1 unspecified atom stereocenters. The van der Waals surface area contributed by atoms with Crippen molar-refractivity contribution in [2.24, 2.45) is 0 Å². The van der Waals surface area contributed by atoms with Crippen LogP contribution in [-0.4, -0.2) is 28.3 Å². The third-order valence-corrected chi connectivity index (χ3v) is 2.47. The zero-order valence-corrected chi connectivity index (χ0v) is 8.69. The molecule has 0 saturated heterocycles. The van der Waals surface area contributed by atoms with Gasteiger partial charge in [-0.05, 0) is 6.92 Å². The van der Waals surface area contributed by atoms with Crippen LogP contribution < -0.4 is 0 Å². The molecule has 5 heteroatoms. The first-order chi connectivity index (χ1) is 6.07. The smallest absolute Gasteiger partial charge is 0.293 e. The van der Waals surface area contributed by atoms with Crippen LogP contribution in [0.4, 0.5) is 0 Å². The zero-order chi connectivity index (χ0) is 10.3. The first-order valence-electron chi connectivity index (χ1n) is 3.92. The van der Waals surface area contributed by atoms with Gasteiger partial charge in [-0.2, -0.15) is 4.89 Å². The van der Waals surface area contributed by atoms with E-state index in [0.29, 0.717) is 11.5 Å². The lowest BCUT2D eigenvalue weighted by molar-refractivity contribution is -0.264. The highest BCUT2D eigenvalue weighted by Gasteiger charge is 2.04. The van der Waals surface area contributed by atoms with E-state index in [2.05, 4.69) is 16.4 Å². The molecule has 0 aliphatic heterocycles. The van der Waals surface area contributed by atoms with Gasteiger partial charge in [0, 0.05) is 22.1 Å². The number of rotatable bonds is 6. The van der Waals surface area contributed by atoms with E-state index in [4.69, 9.17) is 0 Å². The summed E-state index contributed by atoms with van der Waals surface area (Å²) >= 11 is 0. The summed E-state index contributed by atoms with van der Waals surface area (Å²) in [6.45, 7) is 6.86. The Hall–Kier alpha value is -0.680. The predicted octanol–water partition coefficient (Wildman–Crippen LogP) is 0.806. The van der Waals surface area contributed by atoms with Crippen LogP contribution in [0.25, 0.3) is 0 Å². The highest BCUT2D eigenvalue weighted by molar-refractivity contribution is 7.84. The van der Waals surface area contributed by atoms with Crippen LogP contribution in [0, 0.1) is 0 Å². The Labute approximate surface area is 80.3 Å². The van der Waals surface area contributed by atoms with Crippen LogP contribution in [0.2, 0.25) is 0 Å². The van der Waals surface area contributed by atoms with Crippen molar-refractivity contribution in [1.29, 1.82) is 0 Å². The molecular formula is C8H14O4S. The van der Waals surface area contributed by atoms with Crippen molar-refractivity contribution in [2.75, 3.05) is 18.1 Å². The van der Waals surface area contributed by atoms with E-state index < -0.39 is 16.8 Å². The molecule has 0 N–H and O–H groups in total. The van der Waals surface area contributed by atoms with Gasteiger partial charge in [-0.25, -0.2) is 4.79 Å². The maximum absolute atomic E-state index is 10.9. The van der Waals surface area contributed by atoms with E-state index >= 15 is 0 Å². The molecule has 0 radical (unpaired) electrons. The first kappa shape index (κ1) is 12.3. The summed E-state index contributed by atoms with van der Waals surface area (Å²) in [5.74, 6) is 0.361. The quantitative estimate of drug-likeness (QED) is 0.279. The first-order valence-corrected chi connectivity index (χ1v) is 5.41. The number of carbonyl (C=O) groups excluding carboxylic acids is 1. The van der Waals surface area contributed by atoms with Crippen molar-refractivity contribution in [3.05, 3.63) is 12.2 Å². The molecule has 0 aliphatic rings. The average Bonchev–Trinajstić information content (AvgIpc) is 2.11. The monoisotopic (exact) mass is 206 g/mol. The summed E-state index contributed by atoms with van der Waals surface area (Å²) in [5.41, 5.74) is 0.275. The largest absolute Gasteiger partial charge is 0.368 e. The van der Waals surface area contributed by atoms with E-state index in [9.17, 15) is 9.00 Å². The van der Waals surface area contributed by atoms with Crippen molar-refractivity contribution in [3.63, 3.8) is 0 Å². The van der Waals surface area contributed by atoms with Gasteiger partial charge in [0.2, 0.25) is 0 Å². The number of hydrogen-bond acceptors (Lipinski definition) is 4. The van der Waals surface area contributed by atoms with Crippen LogP contribution in [-0.2, 0) is 25.4 Å². The second-order valence-corrected chi connectivity index (χ2v) is 4.27. The fraction of sp³-hybridized carbons (Fsp3) is 0.625. The van der Waals surface area contributed by atoms with Crippen LogP contribution in [0.1, 0.15) is 13.8 Å².